The second-order valence-corrected chi connectivity index (χ2v) is 7.38. The zero-order chi connectivity index (χ0) is 14.9. The highest BCUT2D eigenvalue weighted by Gasteiger charge is 2.09. The minimum Gasteiger partial charge on any atom is -0.356 e. The first-order chi connectivity index (χ1) is 8.74. The summed E-state index contributed by atoms with van der Waals surface area (Å²) >= 11 is 0. The van der Waals surface area contributed by atoms with Crippen molar-refractivity contribution < 1.29 is 8.42 Å². The summed E-state index contributed by atoms with van der Waals surface area (Å²) in [7, 11) is 2.90. The van der Waals surface area contributed by atoms with Crippen molar-refractivity contribution in [2.24, 2.45) is 4.99 Å². The van der Waals surface area contributed by atoms with E-state index >= 15 is 0 Å². The van der Waals surface area contributed by atoms with Gasteiger partial charge in [-0.25, -0.2) is 8.42 Å². The zero-order valence-electron chi connectivity index (χ0n) is 13.1. The number of sulfone groups is 1. The molecule has 1 unspecified atom stereocenters. The Hall–Kier alpha value is -0.0900. The van der Waals surface area contributed by atoms with Crippen LogP contribution in [0.25, 0.3) is 0 Å². The van der Waals surface area contributed by atoms with Gasteiger partial charge in [-0.2, -0.15) is 0 Å². The minimum atomic E-state index is -2.90. The van der Waals surface area contributed by atoms with Crippen LogP contribution in [0.3, 0.4) is 0 Å². The molecule has 0 aliphatic rings. The van der Waals surface area contributed by atoms with Crippen molar-refractivity contribution in [3.63, 3.8) is 0 Å². The van der Waals surface area contributed by atoms with Gasteiger partial charge in [0.15, 0.2) is 5.96 Å². The molecule has 0 aromatic carbocycles. The zero-order valence-corrected chi connectivity index (χ0v) is 16.3. The second-order valence-electron chi connectivity index (χ2n) is 5.12. The third-order valence-electron chi connectivity index (χ3n) is 2.60. The summed E-state index contributed by atoms with van der Waals surface area (Å²) in [6.45, 7) is 3.82. The van der Waals surface area contributed by atoms with Crippen LogP contribution < -0.4 is 10.6 Å². The Labute approximate surface area is 140 Å². The van der Waals surface area contributed by atoms with Crippen LogP contribution in [0.1, 0.15) is 19.8 Å². The standard InChI is InChI=1S/C12H28N4O2S.HI/c1-11(7-10-19(5,17)18)15-12(13-2)14-8-6-9-16(3)4;/h11H,6-10H2,1-5H3,(H2,13,14,15);1H. The van der Waals surface area contributed by atoms with E-state index in [0.29, 0.717) is 6.42 Å². The van der Waals surface area contributed by atoms with Gasteiger partial charge in [0.05, 0.1) is 5.75 Å². The molecular formula is C12H29IN4O2S. The molecule has 6 nitrogen and oxygen atoms in total. The topological polar surface area (TPSA) is 73.8 Å². The fourth-order valence-electron chi connectivity index (χ4n) is 1.49. The summed E-state index contributed by atoms with van der Waals surface area (Å²) in [5.41, 5.74) is 0. The Morgan fingerprint density at radius 2 is 1.95 bits per heavy atom. The molecular weight excluding hydrogens is 391 g/mol. The number of hydrogen-bond acceptors (Lipinski definition) is 4. The van der Waals surface area contributed by atoms with Crippen LogP contribution in [0.2, 0.25) is 0 Å². The molecule has 0 rings (SSSR count). The van der Waals surface area contributed by atoms with E-state index in [2.05, 4.69) is 20.5 Å². The number of aliphatic imine (C=N–C) groups is 1. The maximum Gasteiger partial charge on any atom is 0.191 e. The molecule has 0 bridgehead atoms. The van der Waals surface area contributed by atoms with Crippen LogP contribution in [-0.4, -0.2) is 71.6 Å². The van der Waals surface area contributed by atoms with Crippen LogP contribution >= 0.6 is 24.0 Å². The Balaban J connectivity index is 0. The predicted octanol–water partition coefficient (Wildman–Crippen LogP) is 0.544. The summed E-state index contributed by atoms with van der Waals surface area (Å²) in [6, 6.07) is 0.0785. The average Bonchev–Trinajstić information content (AvgIpc) is 2.29. The molecule has 1 atom stereocenters. The van der Waals surface area contributed by atoms with Crippen molar-refractivity contribution in [1.82, 2.24) is 15.5 Å². The predicted molar refractivity (Wildman–Crippen MR) is 96.9 cm³/mol. The van der Waals surface area contributed by atoms with E-state index in [9.17, 15) is 8.42 Å². The quantitative estimate of drug-likeness (QED) is 0.260. The van der Waals surface area contributed by atoms with Crippen molar-refractivity contribution in [2.75, 3.05) is 46.2 Å². The third kappa shape index (κ3) is 14.3. The molecule has 0 aliphatic carbocycles. The molecule has 0 aromatic rings. The van der Waals surface area contributed by atoms with Crippen molar-refractivity contribution >= 4 is 39.8 Å². The molecule has 0 fully saturated rings. The van der Waals surface area contributed by atoms with Crippen LogP contribution in [0, 0.1) is 0 Å². The highest BCUT2D eigenvalue weighted by molar-refractivity contribution is 14.0. The van der Waals surface area contributed by atoms with Gasteiger partial charge in [0.25, 0.3) is 0 Å². The first-order valence-corrected chi connectivity index (χ1v) is 8.60. The highest BCUT2D eigenvalue weighted by Crippen LogP contribution is 1.95. The summed E-state index contributed by atoms with van der Waals surface area (Å²) < 4.78 is 22.2. The maximum absolute atomic E-state index is 11.1. The lowest BCUT2D eigenvalue weighted by molar-refractivity contribution is 0.399. The Morgan fingerprint density at radius 1 is 1.35 bits per heavy atom. The van der Waals surface area contributed by atoms with Crippen LogP contribution in [0.5, 0.6) is 0 Å². The van der Waals surface area contributed by atoms with Crippen molar-refractivity contribution in [1.29, 1.82) is 0 Å². The van der Waals surface area contributed by atoms with E-state index in [1.165, 1.54) is 6.26 Å². The molecule has 0 heterocycles. The first-order valence-electron chi connectivity index (χ1n) is 6.54. The molecule has 0 aromatic heterocycles. The van der Waals surface area contributed by atoms with Gasteiger partial charge < -0.3 is 15.5 Å². The van der Waals surface area contributed by atoms with Gasteiger partial charge in [0.1, 0.15) is 9.84 Å². The monoisotopic (exact) mass is 420 g/mol. The number of nitrogens with one attached hydrogen (secondary N) is 2. The van der Waals surface area contributed by atoms with E-state index < -0.39 is 9.84 Å². The molecule has 8 heteroatoms. The lowest BCUT2D eigenvalue weighted by Crippen LogP contribution is -2.43. The smallest absolute Gasteiger partial charge is 0.191 e. The van der Waals surface area contributed by atoms with E-state index in [0.717, 1.165) is 25.5 Å². The molecule has 122 valence electrons. The van der Waals surface area contributed by atoms with Crippen molar-refractivity contribution in [2.45, 2.75) is 25.8 Å². The van der Waals surface area contributed by atoms with Gasteiger partial charge in [-0.15, -0.1) is 24.0 Å². The molecule has 2 N–H and O–H groups in total. The molecule has 0 radical (unpaired) electrons. The van der Waals surface area contributed by atoms with E-state index in [4.69, 9.17) is 0 Å². The summed E-state index contributed by atoms with van der Waals surface area (Å²) in [5, 5.41) is 6.40. The van der Waals surface area contributed by atoms with Gasteiger partial charge >= 0.3 is 0 Å². The average molecular weight is 420 g/mol. The maximum atomic E-state index is 11.1. The lowest BCUT2D eigenvalue weighted by Gasteiger charge is -2.18. The molecule has 0 amide bonds. The molecule has 0 spiro atoms. The number of nitrogens with zero attached hydrogens (tertiary/aromatic N) is 2. The number of guanidine groups is 1. The fourth-order valence-corrected chi connectivity index (χ4v) is 2.27. The van der Waals surface area contributed by atoms with Crippen LogP contribution in [0.15, 0.2) is 4.99 Å². The van der Waals surface area contributed by atoms with Crippen LogP contribution in [-0.2, 0) is 9.84 Å². The normalized spacial score (nSPS) is 13.8. The third-order valence-corrected chi connectivity index (χ3v) is 3.58. The minimum absolute atomic E-state index is 0. The van der Waals surface area contributed by atoms with E-state index in [1.807, 2.05) is 21.0 Å². The SMILES string of the molecule is CN=C(NCCCN(C)C)NC(C)CCS(C)(=O)=O.I. The molecule has 0 aliphatic heterocycles. The largest absolute Gasteiger partial charge is 0.356 e. The lowest BCUT2D eigenvalue weighted by atomic mass is 10.3. The Bertz CT molecular complexity index is 372. The molecule has 0 saturated heterocycles. The summed E-state index contributed by atoms with van der Waals surface area (Å²) in [5.74, 6) is 0.915. The van der Waals surface area contributed by atoms with E-state index in [1.54, 1.807) is 7.05 Å². The van der Waals surface area contributed by atoms with Crippen molar-refractivity contribution in [3.8, 4) is 0 Å². The first kappa shape index (κ1) is 22.2. The van der Waals surface area contributed by atoms with Gasteiger partial charge in [-0.1, -0.05) is 0 Å². The van der Waals surface area contributed by atoms with Crippen molar-refractivity contribution in [3.05, 3.63) is 0 Å². The molecule has 20 heavy (non-hydrogen) atoms. The van der Waals surface area contributed by atoms with E-state index in [-0.39, 0.29) is 35.8 Å². The Kier molecular flexibility index (Phi) is 12.8. The van der Waals surface area contributed by atoms with Crippen LogP contribution in [0.4, 0.5) is 0 Å². The summed E-state index contributed by atoms with van der Waals surface area (Å²) in [6.07, 6.45) is 2.87. The molecule has 0 saturated carbocycles. The van der Waals surface area contributed by atoms with Gasteiger partial charge in [-0.05, 0) is 40.4 Å². The number of halogens is 1. The Morgan fingerprint density at radius 3 is 2.40 bits per heavy atom. The fraction of sp³-hybridized carbons (Fsp3) is 0.917. The van der Waals surface area contributed by atoms with Gasteiger partial charge in [-0.3, -0.25) is 4.99 Å². The number of rotatable bonds is 8. The summed E-state index contributed by atoms with van der Waals surface area (Å²) in [4.78, 5) is 6.25. The van der Waals surface area contributed by atoms with Gasteiger partial charge in [0.2, 0.25) is 0 Å². The second kappa shape index (κ2) is 11.6. The highest BCUT2D eigenvalue weighted by atomic mass is 127. The number of hydrogen-bond donors (Lipinski definition) is 2. The van der Waals surface area contributed by atoms with Gasteiger partial charge in [0, 0.05) is 25.9 Å².